The minimum absolute atomic E-state index is 0.144. The molecule has 1 aliphatic heterocycles. The first-order chi connectivity index (χ1) is 14.7. The Bertz CT molecular complexity index is 1310. The van der Waals surface area contributed by atoms with Crippen molar-refractivity contribution in [3.63, 3.8) is 0 Å². The first-order valence-corrected chi connectivity index (χ1v) is 9.90. The van der Waals surface area contributed by atoms with Crippen LogP contribution in [0, 0.1) is 0 Å². The number of carbonyl (C=O) groups is 1. The van der Waals surface area contributed by atoms with Gasteiger partial charge in [0.25, 0.3) is 5.56 Å². The molecule has 1 amide bonds. The lowest BCUT2D eigenvalue weighted by molar-refractivity contribution is -0.117. The van der Waals surface area contributed by atoms with E-state index in [1.807, 2.05) is 48.5 Å². The van der Waals surface area contributed by atoms with Gasteiger partial charge in [-0.1, -0.05) is 48.5 Å². The summed E-state index contributed by atoms with van der Waals surface area (Å²) in [6, 6.07) is 23.3. The van der Waals surface area contributed by atoms with E-state index in [9.17, 15) is 9.59 Å². The average molecular weight is 396 g/mol. The van der Waals surface area contributed by atoms with Crippen molar-refractivity contribution in [2.45, 2.75) is 13.0 Å². The Hall–Kier alpha value is -3.93. The van der Waals surface area contributed by atoms with Crippen LogP contribution in [-0.2, 0) is 17.8 Å². The molecule has 0 unspecified atom stereocenters. The first kappa shape index (κ1) is 18.1. The highest BCUT2D eigenvalue weighted by Crippen LogP contribution is 2.38. The van der Waals surface area contributed by atoms with E-state index in [1.165, 1.54) is 10.2 Å². The zero-order chi connectivity index (χ0) is 20.5. The molecular weight excluding hydrogens is 376 g/mol. The van der Waals surface area contributed by atoms with E-state index in [0.717, 1.165) is 29.7 Å². The zero-order valence-electron chi connectivity index (χ0n) is 16.3. The molecule has 3 aromatic carbocycles. The maximum absolute atomic E-state index is 12.8. The lowest BCUT2D eigenvalue weighted by atomic mass is 10.1. The number of anilines is 3. The average Bonchev–Trinajstić information content (AvgIpc) is 3.20. The van der Waals surface area contributed by atoms with Crippen LogP contribution in [0.3, 0.4) is 0 Å². The molecule has 0 saturated carbocycles. The van der Waals surface area contributed by atoms with Crippen molar-refractivity contribution >= 4 is 33.7 Å². The van der Waals surface area contributed by atoms with Crippen LogP contribution in [0.5, 0.6) is 0 Å². The largest absolute Gasteiger partial charge is 0.339 e. The monoisotopic (exact) mass is 396 g/mol. The molecular formula is C24H20N4O2. The van der Waals surface area contributed by atoms with E-state index in [0.29, 0.717) is 11.1 Å². The number of benzene rings is 3. The summed E-state index contributed by atoms with van der Waals surface area (Å²) < 4.78 is 1.20. The van der Waals surface area contributed by atoms with E-state index >= 15 is 0 Å². The topological polar surface area (TPSA) is 67.2 Å². The fourth-order valence-corrected chi connectivity index (χ4v) is 3.97. The number of rotatable bonds is 4. The molecule has 0 radical (unpaired) electrons. The molecule has 0 atom stereocenters. The highest BCUT2D eigenvalue weighted by Gasteiger charge is 2.22. The number of para-hydroxylation sites is 3. The first-order valence-electron chi connectivity index (χ1n) is 9.90. The molecule has 0 fully saturated rings. The van der Waals surface area contributed by atoms with E-state index in [2.05, 4.69) is 27.4 Å². The number of nitrogens with one attached hydrogen (secondary N) is 1. The maximum Gasteiger partial charge on any atom is 0.275 e. The van der Waals surface area contributed by atoms with Crippen molar-refractivity contribution in [2.24, 2.45) is 0 Å². The van der Waals surface area contributed by atoms with Crippen molar-refractivity contribution in [1.82, 2.24) is 9.78 Å². The second-order valence-electron chi connectivity index (χ2n) is 7.29. The fourth-order valence-electron chi connectivity index (χ4n) is 3.97. The molecule has 2 heterocycles. The molecule has 1 aliphatic rings. The van der Waals surface area contributed by atoms with Gasteiger partial charge in [-0.15, -0.1) is 0 Å². The summed E-state index contributed by atoms with van der Waals surface area (Å²) in [5.41, 5.74) is 3.84. The third-order valence-corrected chi connectivity index (χ3v) is 5.41. The van der Waals surface area contributed by atoms with Gasteiger partial charge in [0, 0.05) is 17.6 Å². The Morgan fingerprint density at radius 3 is 2.57 bits per heavy atom. The van der Waals surface area contributed by atoms with Crippen LogP contribution >= 0.6 is 0 Å². The number of fused-ring (bicyclic) bond motifs is 2. The maximum atomic E-state index is 12.8. The van der Waals surface area contributed by atoms with Crippen LogP contribution in [0.15, 0.2) is 83.8 Å². The number of carbonyl (C=O) groups excluding carboxylic acids is 1. The van der Waals surface area contributed by atoms with Gasteiger partial charge in [-0.3, -0.25) is 9.59 Å². The quantitative estimate of drug-likeness (QED) is 0.571. The van der Waals surface area contributed by atoms with Gasteiger partial charge in [0.1, 0.15) is 6.54 Å². The second-order valence-corrected chi connectivity index (χ2v) is 7.29. The van der Waals surface area contributed by atoms with Gasteiger partial charge in [0.15, 0.2) is 0 Å². The van der Waals surface area contributed by atoms with Crippen molar-refractivity contribution < 1.29 is 4.79 Å². The molecule has 1 aromatic heterocycles. The van der Waals surface area contributed by atoms with Crippen LogP contribution in [-0.4, -0.2) is 22.2 Å². The SMILES string of the molecule is O=C(Cn1ncc2ccccc2c1=O)Nc1ccccc1N1CCc2ccccc21. The summed E-state index contributed by atoms with van der Waals surface area (Å²) in [6.45, 7) is 0.715. The fraction of sp³-hybridized carbons (Fsp3) is 0.125. The number of hydrogen-bond acceptors (Lipinski definition) is 4. The smallest absolute Gasteiger partial charge is 0.275 e. The summed E-state index contributed by atoms with van der Waals surface area (Å²) in [6.07, 6.45) is 2.58. The molecule has 1 N–H and O–H groups in total. The van der Waals surface area contributed by atoms with Gasteiger partial charge < -0.3 is 10.2 Å². The van der Waals surface area contributed by atoms with E-state index in [-0.39, 0.29) is 18.0 Å². The van der Waals surface area contributed by atoms with Gasteiger partial charge >= 0.3 is 0 Å². The molecule has 6 nitrogen and oxygen atoms in total. The summed E-state index contributed by atoms with van der Waals surface area (Å²) in [4.78, 5) is 27.6. The summed E-state index contributed by atoms with van der Waals surface area (Å²) in [5, 5.41) is 8.42. The Labute approximate surface area is 173 Å². The molecule has 6 heteroatoms. The zero-order valence-corrected chi connectivity index (χ0v) is 16.3. The van der Waals surface area contributed by atoms with Crippen LogP contribution in [0.25, 0.3) is 10.8 Å². The van der Waals surface area contributed by atoms with Crippen molar-refractivity contribution in [3.8, 4) is 0 Å². The summed E-state index contributed by atoms with van der Waals surface area (Å²) in [7, 11) is 0. The van der Waals surface area contributed by atoms with Gasteiger partial charge in [-0.05, 0) is 36.2 Å². The highest BCUT2D eigenvalue weighted by molar-refractivity contribution is 5.95. The van der Waals surface area contributed by atoms with Crippen LogP contribution < -0.4 is 15.8 Å². The Kier molecular flexibility index (Phi) is 4.52. The Morgan fingerprint density at radius 1 is 0.933 bits per heavy atom. The molecule has 0 spiro atoms. The van der Waals surface area contributed by atoms with Gasteiger partial charge in [0.05, 0.1) is 23.0 Å². The van der Waals surface area contributed by atoms with Gasteiger partial charge in [0.2, 0.25) is 5.91 Å². The minimum atomic E-state index is -0.292. The third-order valence-electron chi connectivity index (χ3n) is 5.41. The lowest BCUT2D eigenvalue weighted by Gasteiger charge is -2.23. The third kappa shape index (κ3) is 3.22. The number of nitrogens with zero attached hydrogens (tertiary/aromatic N) is 3. The van der Waals surface area contributed by atoms with E-state index < -0.39 is 0 Å². The Balaban J connectivity index is 1.40. The van der Waals surface area contributed by atoms with Gasteiger partial charge in [-0.25, -0.2) is 4.68 Å². The predicted octanol–water partition coefficient (Wildman–Crippen LogP) is 3.73. The second kappa shape index (κ2) is 7.48. The molecule has 148 valence electrons. The van der Waals surface area contributed by atoms with E-state index in [4.69, 9.17) is 0 Å². The van der Waals surface area contributed by atoms with Crippen LogP contribution in [0.1, 0.15) is 5.56 Å². The van der Waals surface area contributed by atoms with Crippen LogP contribution in [0.4, 0.5) is 17.1 Å². The van der Waals surface area contributed by atoms with Gasteiger partial charge in [-0.2, -0.15) is 5.10 Å². The minimum Gasteiger partial charge on any atom is -0.339 e. The number of aromatic nitrogens is 2. The highest BCUT2D eigenvalue weighted by atomic mass is 16.2. The molecule has 5 rings (SSSR count). The molecule has 4 aromatic rings. The molecule has 0 aliphatic carbocycles. The van der Waals surface area contributed by atoms with Crippen LogP contribution in [0.2, 0.25) is 0 Å². The standard InChI is InChI=1S/C24H20N4O2/c29-23(16-28-24(30)19-9-3-1-8-18(19)15-25-28)26-20-10-4-6-12-22(20)27-14-13-17-7-2-5-11-21(17)27/h1-12,15H,13-14,16H2,(H,26,29). The van der Waals surface area contributed by atoms with Crippen molar-refractivity contribution in [1.29, 1.82) is 0 Å². The number of hydrogen-bond donors (Lipinski definition) is 1. The normalized spacial score (nSPS) is 12.7. The molecule has 0 saturated heterocycles. The van der Waals surface area contributed by atoms with E-state index in [1.54, 1.807) is 18.3 Å². The summed E-state index contributed by atoms with van der Waals surface area (Å²) in [5.74, 6) is -0.292. The molecule has 0 bridgehead atoms. The molecule has 30 heavy (non-hydrogen) atoms. The number of amides is 1. The Morgan fingerprint density at radius 2 is 1.67 bits per heavy atom. The lowest BCUT2D eigenvalue weighted by Crippen LogP contribution is -2.30. The predicted molar refractivity (Wildman–Crippen MR) is 118 cm³/mol. The van der Waals surface area contributed by atoms with Crippen molar-refractivity contribution in [2.75, 3.05) is 16.8 Å². The summed E-state index contributed by atoms with van der Waals surface area (Å²) >= 11 is 0. The van der Waals surface area contributed by atoms with Crippen molar-refractivity contribution in [3.05, 3.63) is 94.9 Å².